The maximum absolute atomic E-state index is 4.41. The molecule has 1 saturated heterocycles. The van der Waals surface area contributed by atoms with Crippen LogP contribution in [0.4, 0.5) is 0 Å². The summed E-state index contributed by atoms with van der Waals surface area (Å²) in [6, 6.07) is 6.12. The summed E-state index contributed by atoms with van der Waals surface area (Å²) in [5, 5.41) is 10.4. The van der Waals surface area contributed by atoms with Gasteiger partial charge in [-0.15, -0.1) is 0 Å². The second-order valence-corrected chi connectivity index (χ2v) is 4.85. The van der Waals surface area contributed by atoms with Crippen molar-refractivity contribution in [2.75, 3.05) is 52.4 Å². The average Bonchev–Trinajstić information content (AvgIpc) is 2.43. The standard InChI is InChI=1S/C14H25N5/c1-2-4-18-14(3-1)13-19-11-9-16-7-5-15-6-8-17-10-12-19/h1-4,15-17H,5-13H2. The van der Waals surface area contributed by atoms with Gasteiger partial charge in [0.2, 0.25) is 0 Å². The minimum atomic E-state index is 0.933. The zero-order valence-corrected chi connectivity index (χ0v) is 11.6. The van der Waals surface area contributed by atoms with Gasteiger partial charge in [-0.3, -0.25) is 9.88 Å². The van der Waals surface area contributed by atoms with E-state index in [-0.39, 0.29) is 0 Å². The van der Waals surface area contributed by atoms with Crippen molar-refractivity contribution < 1.29 is 0 Å². The van der Waals surface area contributed by atoms with Crippen molar-refractivity contribution in [2.24, 2.45) is 0 Å². The Bertz CT molecular complexity index is 318. The van der Waals surface area contributed by atoms with Crippen LogP contribution in [0, 0.1) is 0 Å². The van der Waals surface area contributed by atoms with E-state index in [0.29, 0.717) is 0 Å². The summed E-state index contributed by atoms with van der Waals surface area (Å²) in [5.74, 6) is 0. The highest BCUT2D eigenvalue weighted by molar-refractivity contribution is 5.03. The van der Waals surface area contributed by atoms with Crippen LogP contribution >= 0.6 is 0 Å². The third kappa shape index (κ3) is 6.11. The van der Waals surface area contributed by atoms with Gasteiger partial charge in [-0.2, -0.15) is 0 Å². The van der Waals surface area contributed by atoms with Crippen LogP contribution in [0.3, 0.4) is 0 Å². The Morgan fingerprint density at radius 3 is 2.11 bits per heavy atom. The van der Waals surface area contributed by atoms with Crippen LogP contribution in [-0.4, -0.2) is 62.2 Å². The second-order valence-electron chi connectivity index (χ2n) is 4.85. The number of hydrogen-bond acceptors (Lipinski definition) is 5. The van der Waals surface area contributed by atoms with Gasteiger partial charge >= 0.3 is 0 Å². The molecule has 3 N–H and O–H groups in total. The van der Waals surface area contributed by atoms with E-state index in [1.165, 1.54) is 0 Å². The van der Waals surface area contributed by atoms with Crippen molar-refractivity contribution in [3.63, 3.8) is 0 Å². The van der Waals surface area contributed by atoms with Gasteiger partial charge in [0.05, 0.1) is 5.69 Å². The van der Waals surface area contributed by atoms with E-state index in [4.69, 9.17) is 0 Å². The third-order valence-corrected chi connectivity index (χ3v) is 3.28. The highest BCUT2D eigenvalue weighted by Gasteiger charge is 2.06. The smallest absolute Gasteiger partial charge is 0.0543 e. The zero-order valence-electron chi connectivity index (χ0n) is 11.6. The van der Waals surface area contributed by atoms with Crippen LogP contribution in [0.15, 0.2) is 24.4 Å². The predicted octanol–water partition coefficient (Wildman–Crippen LogP) is -0.334. The van der Waals surface area contributed by atoms with E-state index >= 15 is 0 Å². The van der Waals surface area contributed by atoms with E-state index in [2.05, 4.69) is 38.0 Å². The van der Waals surface area contributed by atoms with Gasteiger partial charge in [0.1, 0.15) is 0 Å². The summed E-state index contributed by atoms with van der Waals surface area (Å²) in [7, 11) is 0. The predicted molar refractivity (Wildman–Crippen MR) is 78.1 cm³/mol. The Kier molecular flexibility index (Phi) is 6.81. The summed E-state index contributed by atoms with van der Waals surface area (Å²) >= 11 is 0. The molecule has 1 aromatic rings. The van der Waals surface area contributed by atoms with E-state index in [9.17, 15) is 0 Å². The average molecular weight is 263 g/mol. The lowest BCUT2D eigenvalue weighted by Crippen LogP contribution is -2.41. The largest absolute Gasteiger partial charge is 0.314 e. The maximum Gasteiger partial charge on any atom is 0.0543 e. The molecule has 2 rings (SSSR count). The fourth-order valence-electron chi connectivity index (χ4n) is 2.19. The summed E-state index contributed by atoms with van der Waals surface area (Å²) in [6.45, 7) is 9.31. The highest BCUT2D eigenvalue weighted by atomic mass is 15.2. The van der Waals surface area contributed by atoms with Gasteiger partial charge in [-0.1, -0.05) is 6.07 Å². The van der Waals surface area contributed by atoms with Crippen molar-refractivity contribution in [3.8, 4) is 0 Å². The first-order valence-electron chi connectivity index (χ1n) is 7.19. The van der Waals surface area contributed by atoms with Crippen LogP contribution in [-0.2, 0) is 6.54 Å². The molecule has 0 amide bonds. The number of aromatic nitrogens is 1. The molecular weight excluding hydrogens is 238 g/mol. The topological polar surface area (TPSA) is 52.2 Å². The van der Waals surface area contributed by atoms with Gasteiger partial charge in [-0.25, -0.2) is 0 Å². The molecule has 2 heterocycles. The summed E-state index contributed by atoms with van der Waals surface area (Å²) < 4.78 is 0. The summed E-state index contributed by atoms with van der Waals surface area (Å²) in [5.41, 5.74) is 1.15. The second kappa shape index (κ2) is 8.98. The van der Waals surface area contributed by atoms with Gasteiger partial charge in [0.15, 0.2) is 0 Å². The van der Waals surface area contributed by atoms with Crippen LogP contribution < -0.4 is 16.0 Å². The SMILES string of the molecule is c1ccc(CN2CCNCCNCCNCC2)nc1. The molecule has 1 aliphatic heterocycles. The number of rotatable bonds is 2. The van der Waals surface area contributed by atoms with E-state index < -0.39 is 0 Å². The van der Waals surface area contributed by atoms with Crippen LogP contribution in [0.5, 0.6) is 0 Å². The molecule has 0 unspecified atom stereocenters. The van der Waals surface area contributed by atoms with Crippen LogP contribution in [0.1, 0.15) is 5.69 Å². The molecule has 1 aliphatic rings. The minimum Gasteiger partial charge on any atom is -0.314 e. The molecule has 19 heavy (non-hydrogen) atoms. The molecule has 0 aliphatic carbocycles. The first kappa shape index (κ1) is 14.4. The van der Waals surface area contributed by atoms with Crippen molar-refractivity contribution >= 4 is 0 Å². The van der Waals surface area contributed by atoms with Gasteiger partial charge in [0.25, 0.3) is 0 Å². The first-order valence-corrected chi connectivity index (χ1v) is 7.19. The fourth-order valence-corrected chi connectivity index (χ4v) is 2.19. The molecule has 1 fully saturated rings. The van der Waals surface area contributed by atoms with Crippen molar-refractivity contribution in [1.29, 1.82) is 0 Å². The molecule has 0 spiro atoms. The highest BCUT2D eigenvalue weighted by Crippen LogP contribution is 2.00. The van der Waals surface area contributed by atoms with Crippen molar-refractivity contribution in [3.05, 3.63) is 30.1 Å². The molecule has 5 nitrogen and oxygen atoms in total. The quantitative estimate of drug-likeness (QED) is 0.682. The molecule has 0 atom stereocenters. The normalized spacial score (nSPS) is 20.4. The fraction of sp³-hybridized carbons (Fsp3) is 0.643. The summed E-state index contributed by atoms with van der Waals surface area (Å²) in [6.07, 6.45) is 1.87. The minimum absolute atomic E-state index is 0.933. The van der Waals surface area contributed by atoms with Crippen molar-refractivity contribution in [2.45, 2.75) is 6.54 Å². The molecule has 106 valence electrons. The molecule has 0 aromatic carbocycles. The van der Waals surface area contributed by atoms with Crippen LogP contribution in [0.25, 0.3) is 0 Å². The number of pyridine rings is 1. The molecule has 0 radical (unpaired) electrons. The first-order chi connectivity index (χ1) is 9.45. The molecular formula is C14H25N5. The van der Waals surface area contributed by atoms with E-state index in [1.54, 1.807) is 0 Å². The molecule has 1 aromatic heterocycles. The maximum atomic E-state index is 4.41. The third-order valence-electron chi connectivity index (χ3n) is 3.28. The Hall–Kier alpha value is -1.01. The Morgan fingerprint density at radius 2 is 1.53 bits per heavy atom. The number of nitrogens with one attached hydrogen (secondary N) is 3. The Labute approximate surface area is 115 Å². The van der Waals surface area contributed by atoms with Crippen LogP contribution in [0.2, 0.25) is 0 Å². The molecule has 5 heteroatoms. The lowest BCUT2D eigenvalue weighted by Gasteiger charge is -2.23. The molecule has 0 saturated carbocycles. The van der Waals surface area contributed by atoms with Crippen molar-refractivity contribution in [1.82, 2.24) is 25.8 Å². The Morgan fingerprint density at radius 1 is 0.895 bits per heavy atom. The van der Waals surface area contributed by atoms with Gasteiger partial charge in [-0.05, 0) is 12.1 Å². The zero-order chi connectivity index (χ0) is 13.2. The summed E-state index contributed by atoms with van der Waals surface area (Å²) in [4.78, 5) is 6.87. The van der Waals surface area contributed by atoms with Gasteiger partial charge in [0, 0.05) is 65.1 Å². The Balaban J connectivity index is 1.81. The number of hydrogen-bond donors (Lipinski definition) is 3. The van der Waals surface area contributed by atoms with Gasteiger partial charge < -0.3 is 16.0 Å². The number of nitrogens with zero attached hydrogens (tertiary/aromatic N) is 2. The lowest BCUT2D eigenvalue weighted by atomic mass is 10.3. The monoisotopic (exact) mass is 263 g/mol. The lowest BCUT2D eigenvalue weighted by molar-refractivity contribution is 0.260. The van der Waals surface area contributed by atoms with E-state index in [1.807, 2.05) is 12.3 Å². The molecule has 0 bridgehead atoms. The van der Waals surface area contributed by atoms with E-state index in [0.717, 1.165) is 64.6 Å².